The Morgan fingerprint density at radius 1 is 1.41 bits per heavy atom. The average molecular weight is 325 g/mol. The number of thiazole rings is 1. The van der Waals surface area contributed by atoms with Gasteiger partial charge in [-0.2, -0.15) is 0 Å². The SMILES string of the molecule is O=C(NCC1C[C@@H]2CN(C(=O)O)C[C@@H]2C1)OCc1cscn1. The molecular formula is C14H19N3O4S. The van der Waals surface area contributed by atoms with Crippen molar-refractivity contribution < 1.29 is 19.4 Å². The lowest BCUT2D eigenvalue weighted by atomic mass is 10.0. The number of hydrogen-bond acceptors (Lipinski definition) is 5. The smallest absolute Gasteiger partial charge is 0.407 e. The Kier molecular flexibility index (Phi) is 4.47. The summed E-state index contributed by atoms with van der Waals surface area (Å²) < 4.78 is 5.10. The highest BCUT2D eigenvalue weighted by atomic mass is 32.1. The highest BCUT2D eigenvalue weighted by Gasteiger charge is 2.42. The number of fused-ring (bicyclic) bond motifs is 1. The second-order valence-corrected chi connectivity index (χ2v) is 6.70. The number of nitrogens with one attached hydrogen (secondary N) is 1. The summed E-state index contributed by atoms with van der Waals surface area (Å²) in [6, 6.07) is 0. The quantitative estimate of drug-likeness (QED) is 0.883. The minimum absolute atomic E-state index is 0.193. The molecule has 0 bridgehead atoms. The number of alkyl carbamates (subject to hydrolysis) is 1. The maximum absolute atomic E-state index is 11.6. The standard InChI is InChI=1S/C14H19N3O4S/c18-13(21-6-12-7-22-8-16-12)15-3-9-1-10-4-17(14(19)20)5-11(10)2-9/h7-11H,1-6H2,(H,15,18)(H,19,20)/t9?,10-,11+. The van der Waals surface area contributed by atoms with Gasteiger partial charge in [0.05, 0.1) is 11.2 Å². The first-order chi connectivity index (χ1) is 10.6. The van der Waals surface area contributed by atoms with Gasteiger partial charge in [0.15, 0.2) is 0 Å². The molecule has 0 spiro atoms. The normalized spacial score (nSPS) is 26.7. The first-order valence-corrected chi connectivity index (χ1v) is 8.31. The molecule has 0 radical (unpaired) electrons. The second-order valence-electron chi connectivity index (χ2n) is 5.98. The maximum Gasteiger partial charge on any atom is 0.407 e. The van der Waals surface area contributed by atoms with E-state index in [1.165, 1.54) is 16.2 Å². The van der Waals surface area contributed by atoms with Crippen LogP contribution in [0, 0.1) is 17.8 Å². The first kappa shape index (κ1) is 15.1. The number of rotatable bonds is 4. The number of nitrogens with zero attached hydrogens (tertiary/aromatic N) is 2. The van der Waals surface area contributed by atoms with Crippen molar-refractivity contribution in [3.8, 4) is 0 Å². The number of carboxylic acid groups (broad SMARTS) is 1. The number of aromatic nitrogens is 1. The fourth-order valence-electron chi connectivity index (χ4n) is 3.48. The molecule has 1 aliphatic heterocycles. The fraction of sp³-hybridized carbons (Fsp3) is 0.643. The van der Waals surface area contributed by atoms with Crippen molar-refractivity contribution in [2.24, 2.45) is 17.8 Å². The van der Waals surface area contributed by atoms with Crippen molar-refractivity contribution in [1.82, 2.24) is 15.2 Å². The largest absolute Gasteiger partial charge is 0.465 e. The Bertz CT molecular complexity index is 522. The van der Waals surface area contributed by atoms with Crippen molar-refractivity contribution >= 4 is 23.5 Å². The van der Waals surface area contributed by atoms with Gasteiger partial charge in [-0.25, -0.2) is 14.6 Å². The molecule has 8 heteroatoms. The Labute approximate surface area is 132 Å². The number of carbonyl (C=O) groups is 2. The summed E-state index contributed by atoms with van der Waals surface area (Å²) in [6.07, 6.45) is 0.702. The van der Waals surface area contributed by atoms with E-state index in [1.807, 2.05) is 5.38 Å². The van der Waals surface area contributed by atoms with Crippen LogP contribution in [0.25, 0.3) is 0 Å². The maximum atomic E-state index is 11.6. The molecule has 22 heavy (non-hydrogen) atoms. The lowest BCUT2D eigenvalue weighted by Gasteiger charge is -2.16. The molecule has 3 atom stereocenters. The molecule has 2 fully saturated rings. The Balaban J connectivity index is 1.35. The predicted octanol–water partition coefficient (Wildman–Crippen LogP) is 2.01. The second kappa shape index (κ2) is 6.51. The zero-order valence-corrected chi connectivity index (χ0v) is 12.9. The molecule has 1 saturated heterocycles. The average Bonchev–Trinajstić information content (AvgIpc) is 3.17. The van der Waals surface area contributed by atoms with Gasteiger partial charge in [0.25, 0.3) is 0 Å². The van der Waals surface area contributed by atoms with E-state index in [9.17, 15) is 9.59 Å². The van der Waals surface area contributed by atoms with E-state index in [2.05, 4.69) is 10.3 Å². The van der Waals surface area contributed by atoms with Crippen LogP contribution in [0.4, 0.5) is 9.59 Å². The third-order valence-electron chi connectivity index (χ3n) is 4.49. The van der Waals surface area contributed by atoms with Crippen LogP contribution in [0.3, 0.4) is 0 Å². The minimum atomic E-state index is -0.824. The summed E-state index contributed by atoms with van der Waals surface area (Å²) in [4.78, 5) is 28.1. The van der Waals surface area contributed by atoms with Crippen molar-refractivity contribution in [2.45, 2.75) is 19.4 Å². The van der Waals surface area contributed by atoms with E-state index in [-0.39, 0.29) is 6.61 Å². The van der Waals surface area contributed by atoms with E-state index in [0.717, 1.165) is 18.5 Å². The zero-order valence-electron chi connectivity index (χ0n) is 12.1. The Hall–Kier alpha value is -1.83. The van der Waals surface area contributed by atoms with E-state index in [0.29, 0.717) is 37.4 Å². The molecule has 0 aromatic carbocycles. The molecule has 2 heterocycles. The highest BCUT2D eigenvalue weighted by molar-refractivity contribution is 7.07. The summed E-state index contributed by atoms with van der Waals surface area (Å²) in [7, 11) is 0. The van der Waals surface area contributed by atoms with Crippen LogP contribution in [0.2, 0.25) is 0 Å². The lowest BCUT2D eigenvalue weighted by Crippen LogP contribution is -2.31. The zero-order chi connectivity index (χ0) is 15.5. The van der Waals surface area contributed by atoms with Gasteiger partial charge >= 0.3 is 12.2 Å². The summed E-state index contributed by atoms with van der Waals surface area (Å²) in [5.41, 5.74) is 2.46. The Morgan fingerprint density at radius 2 is 2.14 bits per heavy atom. The molecule has 1 aromatic rings. The van der Waals surface area contributed by atoms with Crippen LogP contribution in [0.5, 0.6) is 0 Å². The Morgan fingerprint density at radius 3 is 2.73 bits per heavy atom. The van der Waals surface area contributed by atoms with Crippen LogP contribution >= 0.6 is 11.3 Å². The van der Waals surface area contributed by atoms with E-state index in [4.69, 9.17) is 9.84 Å². The molecule has 1 aromatic heterocycles. The summed E-state index contributed by atoms with van der Waals surface area (Å²) in [6.45, 7) is 2.05. The van der Waals surface area contributed by atoms with Crippen molar-refractivity contribution in [3.63, 3.8) is 0 Å². The lowest BCUT2D eigenvalue weighted by molar-refractivity contribution is 0.136. The number of carbonyl (C=O) groups excluding carboxylic acids is 1. The fourth-order valence-corrected chi connectivity index (χ4v) is 4.02. The van der Waals surface area contributed by atoms with Gasteiger partial charge < -0.3 is 20.1 Å². The molecule has 3 rings (SSSR count). The number of hydrogen-bond donors (Lipinski definition) is 2. The van der Waals surface area contributed by atoms with E-state index < -0.39 is 12.2 Å². The number of likely N-dealkylation sites (tertiary alicyclic amines) is 1. The van der Waals surface area contributed by atoms with Gasteiger partial charge in [-0.05, 0) is 30.6 Å². The molecule has 1 aliphatic carbocycles. The molecule has 2 N–H and O–H groups in total. The van der Waals surface area contributed by atoms with Crippen LogP contribution in [0.1, 0.15) is 18.5 Å². The van der Waals surface area contributed by atoms with Gasteiger partial charge in [0, 0.05) is 25.0 Å². The van der Waals surface area contributed by atoms with Gasteiger partial charge in [0.2, 0.25) is 0 Å². The van der Waals surface area contributed by atoms with Gasteiger partial charge in [-0.3, -0.25) is 0 Å². The molecule has 120 valence electrons. The minimum Gasteiger partial charge on any atom is -0.465 e. The monoisotopic (exact) mass is 325 g/mol. The van der Waals surface area contributed by atoms with E-state index >= 15 is 0 Å². The van der Waals surface area contributed by atoms with Crippen molar-refractivity contribution in [2.75, 3.05) is 19.6 Å². The summed E-state index contributed by atoms with van der Waals surface area (Å²) in [5.74, 6) is 1.29. The third-order valence-corrected chi connectivity index (χ3v) is 5.12. The number of amides is 2. The molecular weight excluding hydrogens is 306 g/mol. The predicted molar refractivity (Wildman–Crippen MR) is 79.6 cm³/mol. The highest BCUT2D eigenvalue weighted by Crippen LogP contribution is 2.41. The van der Waals surface area contributed by atoms with E-state index in [1.54, 1.807) is 5.51 Å². The van der Waals surface area contributed by atoms with Crippen LogP contribution in [0.15, 0.2) is 10.9 Å². The van der Waals surface area contributed by atoms with Crippen LogP contribution in [-0.2, 0) is 11.3 Å². The molecule has 1 unspecified atom stereocenters. The summed E-state index contributed by atoms with van der Waals surface area (Å²) in [5, 5.41) is 13.6. The molecule has 2 amide bonds. The molecule has 7 nitrogen and oxygen atoms in total. The van der Waals surface area contributed by atoms with Crippen molar-refractivity contribution in [3.05, 3.63) is 16.6 Å². The third kappa shape index (κ3) is 3.49. The van der Waals surface area contributed by atoms with Crippen molar-refractivity contribution in [1.29, 1.82) is 0 Å². The van der Waals surface area contributed by atoms with Gasteiger partial charge in [0.1, 0.15) is 6.61 Å². The summed E-state index contributed by atoms with van der Waals surface area (Å²) >= 11 is 1.47. The van der Waals surface area contributed by atoms with Gasteiger partial charge in [-0.1, -0.05) is 0 Å². The number of ether oxygens (including phenoxy) is 1. The van der Waals surface area contributed by atoms with Crippen LogP contribution in [-0.4, -0.2) is 46.8 Å². The van der Waals surface area contributed by atoms with Gasteiger partial charge in [-0.15, -0.1) is 11.3 Å². The molecule has 1 saturated carbocycles. The first-order valence-electron chi connectivity index (χ1n) is 7.37. The topological polar surface area (TPSA) is 91.8 Å². The molecule has 2 aliphatic rings. The van der Waals surface area contributed by atoms with Crippen LogP contribution < -0.4 is 5.32 Å².